The predicted molar refractivity (Wildman–Crippen MR) is 132 cm³/mol. The normalized spacial score (nSPS) is 11.2. The van der Waals surface area contributed by atoms with E-state index in [2.05, 4.69) is 18.0 Å². The first-order valence-electron chi connectivity index (χ1n) is 10.6. The van der Waals surface area contributed by atoms with Gasteiger partial charge in [0.05, 0.1) is 30.8 Å². The summed E-state index contributed by atoms with van der Waals surface area (Å²) in [4.78, 5) is 23.8. The molecule has 7 nitrogen and oxygen atoms in total. The number of carbonyl (C=O) groups is 1. The van der Waals surface area contributed by atoms with Gasteiger partial charge in [-0.05, 0) is 54.8 Å². The lowest BCUT2D eigenvalue weighted by atomic mass is 10.2. The Morgan fingerprint density at radius 2 is 2.00 bits per heavy atom. The highest BCUT2D eigenvalue weighted by Gasteiger charge is 2.18. The SMILES string of the molecule is COc1ccc(/C=C/C(=O)N(CCCn2ccnc2)c2nc3ccc(C)cc3s2)cc1OC. The molecule has 1 amide bonds. The van der Waals surface area contributed by atoms with Crippen LogP contribution in [0.2, 0.25) is 0 Å². The van der Waals surface area contributed by atoms with E-state index >= 15 is 0 Å². The van der Waals surface area contributed by atoms with E-state index in [-0.39, 0.29) is 5.91 Å². The van der Waals surface area contributed by atoms with Gasteiger partial charge in [-0.15, -0.1) is 0 Å². The molecule has 0 unspecified atom stereocenters. The molecular weight excluding hydrogens is 436 g/mol. The first-order valence-corrected chi connectivity index (χ1v) is 11.4. The third-order valence-electron chi connectivity index (χ3n) is 5.21. The summed E-state index contributed by atoms with van der Waals surface area (Å²) in [6, 6.07) is 11.7. The van der Waals surface area contributed by atoms with Crippen molar-refractivity contribution in [2.24, 2.45) is 0 Å². The minimum absolute atomic E-state index is 0.119. The summed E-state index contributed by atoms with van der Waals surface area (Å²) < 4.78 is 13.7. The molecule has 2 aromatic carbocycles. The van der Waals surface area contributed by atoms with E-state index < -0.39 is 0 Å². The second-order valence-electron chi connectivity index (χ2n) is 7.56. The number of aromatic nitrogens is 3. The summed E-state index contributed by atoms with van der Waals surface area (Å²) in [5.41, 5.74) is 2.92. The number of hydrogen-bond acceptors (Lipinski definition) is 6. The summed E-state index contributed by atoms with van der Waals surface area (Å²) in [6.45, 7) is 3.37. The van der Waals surface area contributed by atoms with Crippen LogP contribution in [0.3, 0.4) is 0 Å². The number of ether oxygens (including phenoxy) is 2. The van der Waals surface area contributed by atoms with Crippen LogP contribution in [0.5, 0.6) is 11.5 Å². The second kappa shape index (κ2) is 10.3. The number of methoxy groups -OCH3 is 2. The van der Waals surface area contributed by atoms with Crippen LogP contribution in [0, 0.1) is 6.92 Å². The van der Waals surface area contributed by atoms with Crippen molar-refractivity contribution in [2.75, 3.05) is 25.7 Å². The Balaban J connectivity index is 1.57. The van der Waals surface area contributed by atoms with Crippen LogP contribution in [0.25, 0.3) is 16.3 Å². The van der Waals surface area contributed by atoms with Crippen molar-refractivity contribution in [1.29, 1.82) is 0 Å². The van der Waals surface area contributed by atoms with Crippen molar-refractivity contribution in [3.8, 4) is 11.5 Å². The van der Waals surface area contributed by atoms with Gasteiger partial charge in [-0.1, -0.05) is 23.5 Å². The Bertz CT molecular complexity index is 1260. The summed E-state index contributed by atoms with van der Waals surface area (Å²) in [5, 5.41) is 0.697. The Hall–Kier alpha value is -3.65. The number of hydrogen-bond donors (Lipinski definition) is 0. The largest absolute Gasteiger partial charge is 0.493 e. The molecule has 2 heterocycles. The number of carbonyl (C=O) groups excluding carboxylic acids is 1. The fourth-order valence-electron chi connectivity index (χ4n) is 3.48. The molecule has 2 aromatic heterocycles. The van der Waals surface area contributed by atoms with Gasteiger partial charge < -0.3 is 14.0 Å². The number of rotatable bonds is 9. The van der Waals surface area contributed by atoms with E-state index in [1.165, 1.54) is 16.9 Å². The van der Waals surface area contributed by atoms with Gasteiger partial charge in [-0.25, -0.2) is 9.97 Å². The molecule has 4 aromatic rings. The molecule has 0 bridgehead atoms. The maximum absolute atomic E-state index is 13.3. The Morgan fingerprint density at radius 3 is 2.76 bits per heavy atom. The average molecular weight is 463 g/mol. The third kappa shape index (κ3) is 5.40. The highest BCUT2D eigenvalue weighted by Crippen LogP contribution is 2.31. The first kappa shape index (κ1) is 22.5. The number of nitrogens with zero attached hydrogens (tertiary/aromatic N) is 4. The van der Waals surface area contributed by atoms with Gasteiger partial charge in [0, 0.05) is 31.6 Å². The predicted octanol–water partition coefficient (Wildman–Crippen LogP) is 4.96. The van der Waals surface area contributed by atoms with Gasteiger partial charge >= 0.3 is 0 Å². The second-order valence-corrected chi connectivity index (χ2v) is 8.57. The number of aryl methyl sites for hydroxylation is 2. The van der Waals surface area contributed by atoms with Gasteiger partial charge in [0.15, 0.2) is 16.6 Å². The molecule has 33 heavy (non-hydrogen) atoms. The zero-order valence-electron chi connectivity index (χ0n) is 18.9. The Kier molecular flexibility index (Phi) is 7.04. The van der Waals surface area contributed by atoms with Gasteiger partial charge in [0.1, 0.15) is 0 Å². The van der Waals surface area contributed by atoms with Crippen molar-refractivity contribution in [3.05, 3.63) is 72.3 Å². The van der Waals surface area contributed by atoms with Crippen LogP contribution in [0.1, 0.15) is 17.5 Å². The molecule has 0 radical (unpaired) electrons. The highest BCUT2D eigenvalue weighted by atomic mass is 32.1. The summed E-state index contributed by atoms with van der Waals surface area (Å²) in [5.74, 6) is 1.14. The van der Waals surface area contributed by atoms with Gasteiger partial charge in [-0.2, -0.15) is 0 Å². The van der Waals surface area contributed by atoms with Crippen LogP contribution in [-0.4, -0.2) is 41.2 Å². The van der Waals surface area contributed by atoms with E-state index in [4.69, 9.17) is 14.5 Å². The van der Waals surface area contributed by atoms with E-state index in [9.17, 15) is 4.79 Å². The van der Waals surface area contributed by atoms with Crippen LogP contribution in [-0.2, 0) is 11.3 Å². The van der Waals surface area contributed by atoms with Gasteiger partial charge in [0.25, 0.3) is 5.91 Å². The molecule has 0 saturated carbocycles. The lowest BCUT2D eigenvalue weighted by Crippen LogP contribution is -2.30. The molecule has 0 N–H and O–H groups in total. The Morgan fingerprint density at radius 1 is 1.15 bits per heavy atom. The van der Waals surface area contributed by atoms with Crippen LogP contribution in [0.15, 0.2) is 61.2 Å². The maximum atomic E-state index is 13.3. The van der Waals surface area contributed by atoms with Crippen molar-refractivity contribution in [2.45, 2.75) is 19.9 Å². The van der Waals surface area contributed by atoms with Gasteiger partial charge in [0.2, 0.25) is 0 Å². The van der Waals surface area contributed by atoms with E-state index in [1.54, 1.807) is 43.8 Å². The topological polar surface area (TPSA) is 69.5 Å². The molecule has 0 atom stereocenters. The Labute approximate surface area is 196 Å². The zero-order valence-corrected chi connectivity index (χ0v) is 19.7. The lowest BCUT2D eigenvalue weighted by molar-refractivity contribution is -0.114. The van der Waals surface area contributed by atoms with E-state index in [0.717, 1.165) is 28.7 Å². The van der Waals surface area contributed by atoms with Crippen molar-refractivity contribution >= 4 is 38.7 Å². The van der Waals surface area contributed by atoms with Crippen LogP contribution < -0.4 is 14.4 Å². The molecule has 0 saturated heterocycles. The smallest absolute Gasteiger partial charge is 0.252 e. The molecule has 0 spiro atoms. The maximum Gasteiger partial charge on any atom is 0.252 e. The van der Waals surface area contributed by atoms with E-state index in [1.807, 2.05) is 41.1 Å². The molecule has 8 heteroatoms. The van der Waals surface area contributed by atoms with Crippen LogP contribution in [0.4, 0.5) is 5.13 Å². The number of benzene rings is 2. The fraction of sp³-hybridized carbons (Fsp3) is 0.240. The number of fused-ring (bicyclic) bond motifs is 1. The van der Waals surface area contributed by atoms with E-state index in [0.29, 0.717) is 23.2 Å². The highest BCUT2D eigenvalue weighted by molar-refractivity contribution is 7.22. The minimum atomic E-state index is -0.119. The number of amides is 1. The quantitative estimate of drug-likeness (QED) is 0.329. The minimum Gasteiger partial charge on any atom is -0.493 e. The average Bonchev–Trinajstić information content (AvgIpc) is 3.49. The van der Waals surface area contributed by atoms with Crippen molar-refractivity contribution in [3.63, 3.8) is 0 Å². The number of imidazole rings is 1. The fourth-order valence-corrected chi connectivity index (χ4v) is 4.57. The molecule has 0 aliphatic heterocycles. The molecule has 170 valence electrons. The summed E-state index contributed by atoms with van der Waals surface area (Å²) in [6.07, 6.45) is 9.60. The lowest BCUT2D eigenvalue weighted by Gasteiger charge is -2.18. The standard InChI is InChI=1S/C25H26N4O3S/c1-18-5-8-20-23(15-18)33-25(27-20)29(13-4-12-28-14-11-26-17-28)24(30)10-7-19-6-9-21(31-2)22(16-19)32-3/h5-11,14-17H,4,12-13H2,1-3H3/b10-7+. The molecule has 0 fully saturated rings. The first-order chi connectivity index (χ1) is 16.1. The monoisotopic (exact) mass is 462 g/mol. The molecule has 0 aliphatic rings. The summed E-state index contributed by atoms with van der Waals surface area (Å²) in [7, 11) is 3.19. The summed E-state index contributed by atoms with van der Waals surface area (Å²) >= 11 is 1.53. The number of thiazole rings is 1. The molecule has 0 aliphatic carbocycles. The third-order valence-corrected chi connectivity index (χ3v) is 6.25. The van der Waals surface area contributed by atoms with Crippen molar-refractivity contribution < 1.29 is 14.3 Å². The number of anilines is 1. The van der Waals surface area contributed by atoms with Crippen molar-refractivity contribution in [1.82, 2.24) is 14.5 Å². The van der Waals surface area contributed by atoms with Gasteiger partial charge in [-0.3, -0.25) is 9.69 Å². The zero-order chi connectivity index (χ0) is 23.2. The molecular formula is C25H26N4O3S. The van der Waals surface area contributed by atoms with Crippen LogP contribution >= 0.6 is 11.3 Å². The molecule has 4 rings (SSSR count).